The number of hydrogen-bond acceptors (Lipinski definition) is 4. The Kier molecular flexibility index (Phi) is 4.45. The molecule has 0 heterocycles. The quantitative estimate of drug-likeness (QED) is 0.342. The van der Waals surface area contributed by atoms with Gasteiger partial charge in [-0.05, 0) is 18.6 Å². The van der Waals surface area contributed by atoms with Gasteiger partial charge in [0.1, 0.15) is 11.9 Å². The molecule has 0 aliphatic heterocycles. The van der Waals surface area contributed by atoms with Crippen LogP contribution in [0, 0.1) is 15.5 Å². The molecule has 0 spiro atoms. The average molecular weight is 237 g/mol. The van der Waals surface area contributed by atoms with Gasteiger partial charge in [0.15, 0.2) is 0 Å². The fourth-order valence-electron chi connectivity index (χ4n) is 1.35. The molecule has 0 aliphatic rings. The van der Waals surface area contributed by atoms with Crippen molar-refractivity contribution in [3.05, 3.63) is 34.4 Å². The maximum Gasteiger partial charge on any atom is 0.269 e. The number of nitrogens with zero attached hydrogens (tertiary/aromatic N) is 1. The molecular formula is C11H15N3O3. The van der Waals surface area contributed by atoms with Crippen LogP contribution in [-0.2, 0) is 0 Å². The molecule has 3 N–H and O–H groups in total. The van der Waals surface area contributed by atoms with Crippen LogP contribution in [0.3, 0.4) is 0 Å². The molecule has 6 heteroatoms. The number of non-ortho nitro benzene ring substituents is 1. The highest BCUT2D eigenvalue weighted by atomic mass is 16.6. The lowest BCUT2D eigenvalue weighted by molar-refractivity contribution is -0.384. The van der Waals surface area contributed by atoms with Crippen molar-refractivity contribution in [2.45, 2.75) is 25.9 Å². The lowest BCUT2D eigenvalue weighted by atomic mass is 10.2. The van der Waals surface area contributed by atoms with Crippen LogP contribution in [0.2, 0.25) is 0 Å². The van der Waals surface area contributed by atoms with Gasteiger partial charge in [-0.15, -0.1) is 0 Å². The lowest BCUT2D eigenvalue weighted by Gasteiger charge is -2.16. The van der Waals surface area contributed by atoms with Gasteiger partial charge in [-0.3, -0.25) is 15.5 Å². The number of rotatable bonds is 6. The molecule has 1 atom stereocenters. The van der Waals surface area contributed by atoms with Gasteiger partial charge in [-0.25, -0.2) is 0 Å². The minimum atomic E-state index is -0.462. The Balaban J connectivity index is 2.67. The highest BCUT2D eigenvalue weighted by Crippen LogP contribution is 2.19. The van der Waals surface area contributed by atoms with Crippen LogP contribution < -0.4 is 10.5 Å². The molecule has 1 rings (SSSR count). The normalized spacial score (nSPS) is 11.8. The number of benzene rings is 1. The summed E-state index contributed by atoms with van der Waals surface area (Å²) >= 11 is 0. The fraction of sp³-hybridized carbons (Fsp3) is 0.364. The zero-order valence-corrected chi connectivity index (χ0v) is 9.55. The molecule has 0 fully saturated rings. The van der Waals surface area contributed by atoms with E-state index in [9.17, 15) is 10.1 Å². The molecule has 1 unspecified atom stereocenters. The van der Waals surface area contributed by atoms with E-state index < -0.39 is 4.92 Å². The molecule has 0 aromatic heterocycles. The van der Waals surface area contributed by atoms with Crippen molar-refractivity contribution in [2.75, 3.05) is 0 Å². The summed E-state index contributed by atoms with van der Waals surface area (Å²) in [5.74, 6) is 0.613. The number of nitrogens with one attached hydrogen (secondary N) is 1. The third-order valence-corrected chi connectivity index (χ3v) is 2.25. The van der Waals surface area contributed by atoms with Crippen molar-refractivity contribution < 1.29 is 9.66 Å². The second-order valence-electron chi connectivity index (χ2n) is 3.63. The monoisotopic (exact) mass is 237 g/mol. The second-order valence-corrected chi connectivity index (χ2v) is 3.63. The molecular weight excluding hydrogens is 222 g/mol. The highest BCUT2D eigenvalue weighted by molar-refractivity contribution is 5.77. The summed E-state index contributed by atoms with van der Waals surface area (Å²) in [4.78, 5) is 9.99. The minimum Gasteiger partial charge on any atom is -0.490 e. The van der Waals surface area contributed by atoms with E-state index in [-0.39, 0.29) is 17.6 Å². The van der Waals surface area contributed by atoms with E-state index in [4.69, 9.17) is 15.9 Å². The molecule has 0 saturated heterocycles. The first-order chi connectivity index (χ1) is 8.02. The SMILES string of the molecule is CCC(CC(=N)N)Oc1ccc([N+](=O)[O-])cc1. The van der Waals surface area contributed by atoms with Gasteiger partial charge < -0.3 is 10.5 Å². The van der Waals surface area contributed by atoms with Gasteiger partial charge in [0.2, 0.25) is 0 Å². The third kappa shape index (κ3) is 4.10. The second kappa shape index (κ2) is 5.83. The largest absolute Gasteiger partial charge is 0.490 e. The topological polar surface area (TPSA) is 102 Å². The van der Waals surface area contributed by atoms with Crippen molar-refractivity contribution in [2.24, 2.45) is 5.73 Å². The van der Waals surface area contributed by atoms with Crippen molar-refractivity contribution in [3.63, 3.8) is 0 Å². The van der Waals surface area contributed by atoms with Gasteiger partial charge >= 0.3 is 0 Å². The molecule has 0 aliphatic carbocycles. The summed E-state index contributed by atoms with van der Waals surface area (Å²) in [6.07, 6.45) is 0.901. The van der Waals surface area contributed by atoms with Crippen LogP contribution in [0.5, 0.6) is 5.75 Å². The van der Waals surface area contributed by atoms with E-state index in [1.807, 2.05) is 6.92 Å². The van der Waals surface area contributed by atoms with E-state index in [0.717, 1.165) is 6.42 Å². The van der Waals surface area contributed by atoms with E-state index in [1.54, 1.807) is 12.1 Å². The first-order valence-electron chi connectivity index (χ1n) is 5.27. The summed E-state index contributed by atoms with van der Waals surface area (Å²) in [5, 5.41) is 17.6. The summed E-state index contributed by atoms with van der Waals surface area (Å²) < 4.78 is 5.57. The summed E-state index contributed by atoms with van der Waals surface area (Å²) in [6, 6.07) is 5.85. The molecule has 0 amide bonds. The van der Waals surface area contributed by atoms with Gasteiger partial charge in [0.25, 0.3) is 5.69 Å². The summed E-state index contributed by atoms with van der Waals surface area (Å²) in [5.41, 5.74) is 5.33. The molecule has 1 aromatic carbocycles. The van der Waals surface area contributed by atoms with Crippen LogP contribution in [0.25, 0.3) is 0 Å². The first kappa shape index (κ1) is 13.0. The Labute approximate surface area is 99.0 Å². The Hall–Kier alpha value is -2.11. The first-order valence-corrected chi connectivity index (χ1v) is 5.27. The zero-order chi connectivity index (χ0) is 12.8. The number of amidine groups is 1. The lowest BCUT2D eigenvalue weighted by Crippen LogP contribution is -2.23. The van der Waals surface area contributed by atoms with Gasteiger partial charge in [0, 0.05) is 18.6 Å². The molecule has 1 aromatic rings. The smallest absolute Gasteiger partial charge is 0.269 e. The van der Waals surface area contributed by atoms with E-state index in [2.05, 4.69) is 0 Å². The van der Waals surface area contributed by atoms with Crippen LogP contribution in [0.4, 0.5) is 5.69 Å². The van der Waals surface area contributed by atoms with Crippen LogP contribution in [-0.4, -0.2) is 16.9 Å². The summed E-state index contributed by atoms with van der Waals surface area (Å²) in [7, 11) is 0. The third-order valence-electron chi connectivity index (χ3n) is 2.25. The number of nitro groups is 1. The number of nitrogens with two attached hydrogens (primary N) is 1. The zero-order valence-electron chi connectivity index (χ0n) is 9.55. The van der Waals surface area contributed by atoms with E-state index in [0.29, 0.717) is 12.2 Å². The van der Waals surface area contributed by atoms with E-state index >= 15 is 0 Å². The van der Waals surface area contributed by atoms with Crippen LogP contribution >= 0.6 is 0 Å². The average Bonchev–Trinajstić information content (AvgIpc) is 2.28. The Morgan fingerprint density at radius 2 is 2.12 bits per heavy atom. The van der Waals surface area contributed by atoms with Crippen molar-refractivity contribution >= 4 is 11.5 Å². The molecule has 92 valence electrons. The fourth-order valence-corrected chi connectivity index (χ4v) is 1.35. The van der Waals surface area contributed by atoms with Gasteiger partial charge in [0.05, 0.1) is 10.8 Å². The van der Waals surface area contributed by atoms with Gasteiger partial charge in [-0.2, -0.15) is 0 Å². The van der Waals surface area contributed by atoms with Crippen LogP contribution in [0.15, 0.2) is 24.3 Å². The van der Waals surface area contributed by atoms with Gasteiger partial charge in [-0.1, -0.05) is 6.92 Å². The maximum absolute atomic E-state index is 10.5. The maximum atomic E-state index is 10.5. The predicted octanol–water partition coefficient (Wildman–Crippen LogP) is 2.08. The highest BCUT2D eigenvalue weighted by Gasteiger charge is 2.11. The van der Waals surface area contributed by atoms with Crippen molar-refractivity contribution in [1.82, 2.24) is 0 Å². The summed E-state index contributed by atoms with van der Waals surface area (Å²) in [6.45, 7) is 1.93. The number of hydrogen-bond donors (Lipinski definition) is 2. The minimum absolute atomic E-state index is 0.0250. The Morgan fingerprint density at radius 1 is 1.53 bits per heavy atom. The molecule has 0 saturated carbocycles. The van der Waals surface area contributed by atoms with E-state index in [1.165, 1.54) is 12.1 Å². The molecule has 17 heavy (non-hydrogen) atoms. The number of ether oxygens (including phenoxy) is 1. The molecule has 6 nitrogen and oxygen atoms in total. The van der Waals surface area contributed by atoms with Crippen molar-refractivity contribution in [3.8, 4) is 5.75 Å². The molecule has 0 bridgehead atoms. The number of nitro benzene ring substituents is 1. The van der Waals surface area contributed by atoms with Crippen LogP contribution in [0.1, 0.15) is 19.8 Å². The molecule has 0 radical (unpaired) electrons. The Morgan fingerprint density at radius 3 is 2.53 bits per heavy atom. The van der Waals surface area contributed by atoms with Crippen molar-refractivity contribution in [1.29, 1.82) is 5.41 Å². The Bertz CT molecular complexity index is 403. The predicted molar refractivity (Wildman–Crippen MR) is 64.3 cm³/mol. The standard InChI is InChI=1S/C11H15N3O3/c1-2-9(7-11(12)13)17-10-5-3-8(4-6-10)14(15)16/h3-6,9H,2,7H2,1H3,(H3,12,13).